The molecule has 0 saturated carbocycles. The van der Waals surface area contributed by atoms with Crippen LogP contribution in [0.1, 0.15) is 12.8 Å². The molecule has 1 saturated heterocycles. The van der Waals surface area contributed by atoms with Crippen molar-refractivity contribution < 1.29 is 9.18 Å². The molecule has 30 heavy (non-hydrogen) atoms. The minimum atomic E-state index is -0.249. The summed E-state index contributed by atoms with van der Waals surface area (Å²) in [4.78, 5) is 26.8. The quantitative estimate of drug-likeness (QED) is 0.490. The molecular formula is C22H20FN5OS. The zero-order chi connectivity index (χ0) is 20.2. The second-order valence-electron chi connectivity index (χ2n) is 7.94. The number of piperidine rings is 1. The number of hydrogen-bond donors (Lipinski definition) is 0. The topological polar surface area (TPSA) is 54.3 Å². The normalized spacial score (nSPS) is 19.0. The molecular weight excluding hydrogens is 401 g/mol. The van der Waals surface area contributed by atoms with Crippen LogP contribution >= 0.6 is 11.3 Å². The van der Waals surface area contributed by atoms with Crippen molar-refractivity contribution in [2.75, 3.05) is 29.4 Å². The van der Waals surface area contributed by atoms with Crippen molar-refractivity contribution in [2.24, 2.45) is 5.92 Å². The first-order chi connectivity index (χ1) is 14.7. The van der Waals surface area contributed by atoms with Crippen molar-refractivity contribution in [3.05, 3.63) is 48.3 Å². The number of para-hydroxylation sites is 2. The molecule has 2 aromatic carbocycles. The number of amides is 1. The van der Waals surface area contributed by atoms with Crippen LogP contribution in [0.15, 0.2) is 42.5 Å². The molecule has 2 aliphatic rings. The van der Waals surface area contributed by atoms with Crippen molar-refractivity contribution in [3.8, 4) is 0 Å². The third-order valence-corrected chi connectivity index (χ3v) is 7.15. The van der Waals surface area contributed by atoms with Crippen LogP contribution in [0.2, 0.25) is 0 Å². The van der Waals surface area contributed by atoms with E-state index in [1.165, 1.54) is 23.5 Å². The van der Waals surface area contributed by atoms with E-state index < -0.39 is 0 Å². The van der Waals surface area contributed by atoms with Gasteiger partial charge in [0.1, 0.15) is 5.82 Å². The summed E-state index contributed by atoms with van der Waals surface area (Å²) in [5.74, 6) is 0.560. The summed E-state index contributed by atoms with van der Waals surface area (Å²) in [5.41, 5.74) is 2.81. The van der Waals surface area contributed by atoms with Crippen LogP contribution in [0.5, 0.6) is 0 Å². The van der Waals surface area contributed by atoms with E-state index in [9.17, 15) is 9.18 Å². The molecule has 4 heterocycles. The summed E-state index contributed by atoms with van der Waals surface area (Å²) in [7, 11) is 0. The highest BCUT2D eigenvalue weighted by Gasteiger charge is 2.35. The fraction of sp³-hybridized carbons (Fsp3) is 0.318. The van der Waals surface area contributed by atoms with Crippen molar-refractivity contribution >= 4 is 49.6 Å². The summed E-state index contributed by atoms with van der Waals surface area (Å²) in [6.07, 6.45) is 1.80. The highest BCUT2D eigenvalue weighted by atomic mass is 32.1. The van der Waals surface area contributed by atoms with Crippen LogP contribution in [0, 0.1) is 11.7 Å². The molecule has 1 atom stereocenters. The maximum Gasteiger partial charge on any atom is 0.234 e. The van der Waals surface area contributed by atoms with Crippen LogP contribution < -0.4 is 9.80 Å². The monoisotopic (exact) mass is 421 g/mol. The summed E-state index contributed by atoms with van der Waals surface area (Å²) in [5, 5.41) is 0.863. The molecule has 6 rings (SSSR count). The van der Waals surface area contributed by atoms with Gasteiger partial charge in [-0.15, -0.1) is 0 Å². The molecule has 1 fully saturated rings. The Labute approximate surface area is 176 Å². The number of benzene rings is 2. The Balaban J connectivity index is 1.26. The molecule has 152 valence electrons. The minimum absolute atomic E-state index is 0.0890. The molecule has 0 bridgehead atoms. The van der Waals surface area contributed by atoms with Crippen molar-refractivity contribution in [2.45, 2.75) is 19.4 Å². The summed E-state index contributed by atoms with van der Waals surface area (Å²) >= 11 is 1.49. The average molecular weight is 422 g/mol. The largest absolute Gasteiger partial charge is 0.347 e. The number of carbonyl (C=O) groups is 1. The molecule has 2 aliphatic heterocycles. The molecule has 0 N–H and O–H groups in total. The molecule has 8 heteroatoms. The molecule has 4 aromatic rings. The Bertz CT molecular complexity index is 1280. The van der Waals surface area contributed by atoms with Crippen LogP contribution in [-0.4, -0.2) is 40.1 Å². The molecule has 0 radical (unpaired) electrons. The Morgan fingerprint density at radius 2 is 1.97 bits per heavy atom. The van der Waals surface area contributed by atoms with Crippen LogP contribution in [0.4, 0.5) is 15.5 Å². The highest BCUT2D eigenvalue weighted by molar-refractivity contribution is 7.22. The van der Waals surface area contributed by atoms with Gasteiger partial charge in [-0.2, -0.15) is 0 Å². The van der Waals surface area contributed by atoms with Gasteiger partial charge in [0, 0.05) is 26.2 Å². The fourth-order valence-electron chi connectivity index (χ4n) is 4.59. The number of imidazole rings is 1. The van der Waals surface area contributed by atoms with Crippen molar-refractivity contribution in [1.82, 2.24) is 14.5 Å². The smallest absolute Gasteiger partial charge is 0.234 e. The van der Waals surface area contributed by atoms with Gasteiger partial charge in [0.05, 0.1) is 27.2 Å². The lowest BCUT2D eigenvalue weighted by molar-refractivity contribution is -0.122. The van der Waals surface area contributed by atoms with E-state index in [0.29, 0.717) is 13.1 Å². The van der Waals surface area contributed by atoms with E-state index in [0.717, 1.165) is 58.3 Å². The van der Waals surface area contributed by atoms with Gasteiger partial charge in [-0.1, -0.05) is 23.5 Å². The van der Waals surface area contributed by atoms with E-state index in [1.54, 1.807) is 6.07 Å². The minimum Gasteiger partial charge on any atom is -0.347 e. The number of fused-ring (bicyclic) bond motifs is 4. The summed E-state index contributed by atoms with van der Waals surface area (Å²) in [6.45, 7) is 2.95. The van der Waals surface area contributed by atoms with Gasteiger partial charge in [-0.25, -0.2) is 14.4 Å². The van der Waals surface area contributed by atoms with Crippen molar-refractivity contribution in [1.29, 1.82) is 0 Å². The van der Waals surface area contributed by atoms with Crippen LogP contribution in [-0.2, 0) is 11.3 Å². The van der Waals surface area contributed by atoms with Gasteiger partial charge < -0.3 is 9.47 Å². The Hall–Kier alpha value is -3.00. The Kier molecular flexibility index (Phi) is 4.02. The van der Waals surface area contributed by atoms with Gasteiger partial charge >= 0.3 is 0 Å². The van der Waals surface area contributed by atoms with E-state index in [4.69, 9.17) is 4.98 Å². The van der Waals surface area contributed by atoms with E-state index in [2.05, 4.69) is 20.5 Å². The number of nitrogens with zero attached hydrogens (tertiary/aromatic N) is 5. The third-order valence-electron chi connectivity index (χ3n) is 6.07. The number of rotatable bonds is 2. The van der Waals surface area contributed by atoms with Gasteiger partial charge in [-0.3, -0.25) is 9.69 Å². The number of aromatic nitrogens is 3. The first-order valence-electron chi connectivity index (χ1n) is 10.2. The Morgan fingerprint density at radius 1 is 1.07 bits per heavy atom. The average Bonchev–Trinajstić information content (AvgIpc) is 3.46. The van der Waals surface area contributed by atoms with E-state index in [1.807, 2.05) is 23.1 Å². The number of anilines is 2. The van der Waals surface area contributed by atoms with Gasteiger partial charge in [0.2, 0.25) is 11.9 Å². The zero-order valence-corrected chi connectivity index (χ0v) is 17.1. The van der Waals surface area contributed by atoms with E-state index in [-0.39, 0.29) is 17.6 Å². The van der Waals surface area contributed by atoms with Crippen LogP contribution in [0.3, 0.4) is 0 Å². The maximum atomic E-state index is 13.5. The lowest BCUT2D eigenvalue weighted by atomic mass is 9.97. The SMILES string of the molecule is O=C(C1CCCN(c2nc3ccc(F)cc3s2)C1)N1CCn2c1nc1ccccc12. The van der Waals surface area contributed by atoms with Gasteiger partial charge in [-0.05, 0) is 43.2 Å². The summed E-state index contributed by atoms with van der Waals surface area (Å²) < 4.78 is 16.5. The van der Waals surface area contributed by atoms with Crippen molar-refractivity contribution in [3.63, 3.8) is 0 Å². The second-order valence-corrected chi connectivity index (χ2v) is 8.94. The highest BCUT2D eigenvalue weighted by Crippen LogP contribution is 2.34. The molecule has 0 aliphatic carbocycles. The predicted octanol–water partition coefficient (Wildman–Crippen LogP) is 4.05. The number of carbonyl (C=O) groups excluding carboxylic acids is 1. The standard InChI is InChI=1S/C22H20FN5OS/c23-15-7-8-17-19(12-15)30-22(25-17)26-9-3-4-14(13-26)20(29)28-11-10-27-18-6-2-1-5-16(18)24-21(27)28/h1-2,5-8,12,14H,3-4,9-11,13H2. The van der Waals surface area contributed by atoms with E-state index >= 15 is 0 Å². The van der Waals surface area contributed by atoms with Gasteiger partial charge in [0.25, 0.3) is 0 Å². The number of hydrogen-bond acceptors (Lipinski definition) is 5. The maximum absolute atomic E-state index is 13.5. The molecule has 1 unspecified atom stereocenters. The first kappa shape index (κ1) is 17.8. The molecule has 2 aromatic heterocycles. The zero-order valence-electron chi connectivity index (χ0n) is 16.3. The number of halogens is 1. The summed E-state index contributed by atoms with van der Waals surface area (Å²) in [6, 6.07) is 12.7. The van der Waals surface area contributed by atoms with Crippen LogP contribution in [0.25, 0.3) is 21.3 Å². The lowest BCUT2D eigenvalue weighted by Gasteiger charge is -2.33. The molecule has 0 spiro atoms. The first-order valence-corrected chi connectivity index (χ1v) is 11.1. The Morgan fingerprint density at radius 3 is 2.90 bits per heavy atom. The third kappa shape index (κ3) is 2.78. The fourth-order valence-corrected chi connectivity index (χ4v) is 5.62. The predicted molar refractivity (Wildman–Crippen MR) is 117 cm³/mol. The molecule has 1 amide bonds. The molecule has 6 nitrogen and oxygen atoms in total. The second kappa shape index (κ2) is 6.77. The number of thiazole rings is 1. The van der Waals surface area contributed by atoms with Gasteiger partial charge in [0.15, 0.2) is 5.13 Å². The lowest BCUT2D eigenvalue weighted by Crippen LogP contribution is -2.44.